The molecule has 2 N–H and O–H groups in total. The second-order valence-corrected chi connectivity index (χ2v) is 8.37. The van der Waals surface area contributed by atoms with Crippen molar-refractivity contribution >= 4 is 27.7 Å². The number of aromatic nitrogens is 1. The number of rotatable bonds is 5. The summed E-state index contributed by atoms with van der Waals surface area (Å²) in [7, 11) is 1.57. The molecule has 5 rings (SSSR count). The maximum Gasteiger partial charge on any atom is 0.416 e. The molecule has 1 radical (unpaired) electrons. The highest BCUT2D eigenvalue weighted by Gasteiger charge is 2.31. The van der Waals surface area contributed by atoms with Gasteiger partial charge in [-0.3, -0.25) is 4.79 Å². The van der Waals surface area contributed by atoms with E-state index in [4.69, 9.17) is 10.5 Å². The van der Waals surface area contributed by atoms with Gasteiger partial charge >= 0.3 is 6.18 Å². The van der Waals surface area contributed by atoms with Crippen molar-refractivity contribution in [2.45, 2.75) is 12.7 Å². The molecule has 0 spiro atoms. The Hall–Kier alpha value is -4.33. The van der Waals surface area contributed by atoms with E-state index in [1.807, 2.05) is 30.3 Å². The number of benzene rings is 4. The van der Waals surface area contributed by atoms with Crippen molar-refractivity contribution in [1.29, 1.82) is 0 Å². The lowest BCUT2D eigenvalue weighted by atomic mass is 10.0. The molecule has 0 unspecified atom stereocenters. The standard InChI is InChI=1S/C28H19F4N2O2/c1-36-21-8-5-17(6-9-21)18-7-10-22-25(13-18)34(24-4-2-3-23(26(22)24)27(33)35)15-16-11-19(28(30,31)32)14-20(29)12-16/h2-9,11-14H,15H2,1H3,(H2,33,35). The molecule has 1 heterocycles. The summed E-state index contributed by atoms with van der Waals surface area (Å²) >= 11 is 0. The topological polar surface area (TPSA) is 57.2 Å². The van der Waals surface area contributed by atoms with Crippen LogP contribution in [0.25, 0.3) is 32.9 Å². The maximum atomic E-state index is 14.1. The quantitative estimate of drug-likeness (QED) is 0.283. The van der Waals surface area contributed by atoms with Gasteiger partial charge in [-0.25, -0.2) is 4.39 Å². The van der Waals surface area contributed by atoms with Gasteiger partial charge in [0.05, 0.1) is 23.7 Å². The van der Waals surface area contributed by atoms with E-state index in [2.05, 4.69) is 6.07 Å². The van der Waals surface area contributed by atoms with Crippen molar-refractivity contribution in [3.63, 3.8) is 0 Å². The number of hydrogen-bond donors (Lipinski definition) is 1. The van der Waals surface area contributed by atoms with Crippen LogP contribution in [-0.4, -0.2) is 17.6 Å². The first-order valence-corrected chi connectivity index (χ1v) is 10.9. The number of amides is 1. The van der Waals surface area contributed by atoms with Crippen molar-refractivity contribution in [3.8, 4) is 16.9 Å². The molecule has 8 heteroatoms. The summed E-state index contributed by atoms with van der Waals surface area (Å²) in [6.45, 7) is -0.0665. The summed E-state index contributed by atoms with van der Waals surface area (Å²) in [5.74, 6) is -0.933. The average Bonchev–Trinajstić information content (AvgIpc) is 3.16. The predicted molar refractivity (Wildman–Crippen MR) is 129 cm³/mol. The van der Waals surface area contributed by atoms with Crippen LogP contribution in [0.4, 0.5) is 17.6 Å². The first-order chi connectivity index (χ1) is 17.2. The molecule has 1 aromatic heterocycles. The smallest absolute Gasteiger partial charge is 0.416 e. The Labute approximate surface area is 203 Å². The zero-order chi connectivity index (χ0) is 25.6. The number of alkyl halides is 3. The Kier molecular flexibility index (Phi) is 5.67. The number of carbonyl (C=O) groups excluding carboxylic acids is 1. The number of nitrogens with two attached hydrogens (primary N) is 1. The molecule has 0 aliphatic rings. The molecule has 0 atom stereocenters. The van der Waals surface area contributed by atoms with Crippen molar-refractivity contribution in [3.05, 3.63) is 101 Å². The van der Waals surface area contributed by atoms with Gasteiger partial charge in [-0.1, -0.05) is 18.2 Å². The van der Waals surface area contributed by atoms with E-state index in [0.717, 1.165) is 23.3 Å². The monoisotopic (exact) mass is 491 g/mol. The minimum absolute atomic E-state index is 0.0665. The number of ether oxygens (including phenoxy) is 1. The summed E-state index contributed by atoms with van der Waals surface area (Å²) < 4.78 is 61.1. The summed E-state index contributed by atoms with van der Waals surface area (Å²) in [4.78, 5) is 12.2. The van der Waals surface area contributed by atoms with E-state index in [9.17, 15) is 22.4 Å². The van der Waals surface area contributed by atoms with Gasteiger partial charge < -0.3 is 15.0 Å². The highest BCUT2D eigenvalue weighted by Crippen LogP contribution is 2.36. The molecule has 1 amide bonds. The van der Waals surface area contributed by atoms with Gasteiger partial charge in [0.25, 0.3) is 0 Å². The number of hydrogen-bond acceptors (Lipinski definition) is 2. The fourth-order valence-corrected chi connectivity index (χ4v) is 4.47. The van der Waals surface area contributed by atoms with Crippen LogP contribution in [0.2, 0.25) is 0 Å². The SMILES string of the molecule is COc1ccc(-c2c[c]c3c4c(C(N)=O)cccc4n(Cc4cc(F)cc(C(F)(F)F)c4)c3c2)cc1. The number of fused-ring (bicyclic) bond motifs is 3. The van der Waals surface area contributed by atoms with Crippen LogP contribution >= 0.6 is 0 Å². The Balaban J connectivity index is 1.75. The van der Waals surface area contributed by atoms with Crippen LogP contribution in [0.1, 0.15) is 21.5 Å². The minimum Gasteiger partial charge on any atom is -0.497 e. The van der Waals surface area contributed by atoms with Gasteiger partial charge in [-0.05, 0) is 77.4 Å². The maximum absolute atomic E-state index is 14.1. The van der Waals surface area contributed by atoms with Crippen LogP contribution in [0.3, 0.4) is 0 Å². The van der Waals surface area contributed by atoms with Crippen molar-refractivity contribution in [1.82, 2.24) is 4.57 Å². The zero-order valence-electron chi connectivity index (χ0n) is 19.0. The molecule has 0 saturated heterocycles. The summed E-state index contributed by atoms with van der Waals surface area (Å²) in [6.07, 6.45) is -4.69. The fourth-order valence-electron chi connectivity index (χ4n) is 4.47. The largest absolute Gasteiger partial charge is 0.497 e. The van der Waals surface area contributed by atoms with Crippen LogP contribution in [0.5, 0.6) is 5.75 Å². The van der Waals surface area contributed by atoms with Gasteiger partial charge in [0.15, 0.2) is 0 Å². The molecule has 0 saturated carbocycles. The first-order valence-electron chi connectivity index (χ1n) is 10.9. The van der Waals surface area contributed by atoms with E-state index in [1.165, 1.54) is 0 Å². The number of halogens is 4. The molecule has 181 valence electrons. The molecular formula is C28H19F4N2O2. The lowest BCUT2D eigenvalue weighted by Gasteiger charge is -2.12. The molecule has 5 aromatic rings. The third-order valence-electron chi connectivity index (χ3n) is 6.11. The number of carbonyl (C=O) groups is 1. The molecular weight excluding hydrogens is 472 g/mol. The second-order valence-electron chi connectivity index (χ2n) is 8.37. The van der Waals surface area contributed by atoms with Crippen LogP contribution < -0.4 is 10.5 Å². The van der Waals surface area contributed by atoms with Gasteiger partial charge in [0.1, 0.15) is 11.6 Å². The van der Waals surface area contributed by atoms with Gasteiger partial charge in [0, 0.05) is 22.9 Å². The number of methoxy groups -OCH3 is 1. The van der Waals surface area contributed by atoms with Crippen molar-refractivity contribution < 1.29 is 27.1 Å². The molecule has 0 aliphatic heterocycles. The third-order valence-corrected chi connectivity index (χ3v) is 6.11. The molecule has 36 heavy (non-hydrogen) atoms. The molecule has 0 fully saturated rings. The summed E-state index contributed by atoms with van der Waals surface area (Å²) in [5.41, 5.74) is 7.79. The van der Waals surface area contributed by atoms with Crippen molar-refractivity contribution in [2.24, 2.45) is 5.73 Å². The summed E-state index contributed by atoms with van der Waals surface area (Å²) in [6, 6.07) is 21.7. The Morgan fingerprint density at radius 3 is 2.42 bits per heavy atom. The van der Waals surface area contributed by atoms with E-state index in [0.29, 0.717) is 33.6 Å². The van der Waals surface area contributed by atoms with Crippen molar-refractivity contribution in [2.75, 3.05) is 7.11 Å². The fraction of sp³-hybridized carbons (Fsp3) is 0.107. The lowest BCUT2D eigenvalue weighted by molar-refractivity contribution is -0.137. The second kappa shape index (κ2) is 8.71. The molecule has 0 bridgehead atoms. The highest BCUT2D eigenvalue weighted by molar-refractivity contribution is 6.18. The minimum atomic E-state index is -4.69. The molecule has 4 nitrogen and oxygen atoms in total. The highest BCUT2D eigenvalue weighted by atomic mass is 19.4. The Bertz CT molecular complexity index is 1620. The molecule has 4 aromatic carbocycles. The lowest BCUT2D eigenvalue weighted by Crippen LogP contribution is -2.11. The first kappa shape index (κ1) is 23.4. The Morgan fingerprint density at radius 2 is 1.75 bits per heavy atom. The predicted octanol–water partition coefficient (Wildman–Crippen LogP) is 6.58. The third kappa shape index (κ3) is 4.15. The van der Waals surface area contributed by atoms with E-state index in [1.54, 1.807) is 35.9 Å². The van der Waals surface area contributed by atoms with E-state index < -0.39 is 23.5 Å². The van der Waals surface area contributed by atoms with E-state index in [-0.39, 0.29) is 17.7 Å². The van der Waals surface area contributed by atoms with E-state index >= 15 is 0 Å². The van der Waals surface area contributed by atoms with Crippen LogP contribution in [0, 0.1) is 11.9 Å². The number of primary amides is 1. The van der Waals surface area contributed by atoms with Gasteiger partial charge in [0.2, 0.25) is 5.91 Å². The molecule has 0 aliphatic carbocycles. The van der Waals surface area contributed by atoms with Crippen LogP contribution in [-0.2, 0) is 12.7 Å². The van der Waals surface area contributed by atoms with Gasteiger partial charge in [-0.15, -0.1) is 0 Å². The Morgan fingerprint density at radius 1 is 1.00 bits per heavy atom. The van der Waals surface area contributed by atoms with Gasteiger partial charge in [-0.2, -0.15) is 13.2 Å². The number of nitrogens with zero attached hydrogens (tertiary/aromatic N) is 1. The average molecular weight is 491 g/mol. The normalized spacial score (nSPS) is 11.8. The summed E-state index contributed by atoms with van der Waals surface area (Å²) in [5, 5.41) is 1.12. The zero-order valence-corrected chi connectivity index (χ0v) is 19.0. The van der Waals surface area contributed by atoms with Crippen LogP contribution in [0.15, 0.2) is 72.8 Å².